The first-order chi connectivity index (χ1) is 17.4. The van der Waals surface area contributed by atoms with Crippen LogP contribution in [-0.4, -0.2) is 51.6 Å². The minimum Gasteiger partial charge on any atom is -0.330 e. The van der Waals surface area contributed by atoms with Gasteiger partial charge in [-0.2, -0.15) is 13.1 Å². The molecule has 1 fully saturated rings. The van der Waals surface area contributed by atoms with Crippen molar-refractivity contribution in [1.29, 1.82) is 0 Å². The molecule has 0 saturated carbocycles. The molecule has 0 aliphatic carbocycles. The maximum atomic E-state index is 14.8. The molecule has 0 bridgehead atoms. The Labute approximate surface area is 217 Å². The fourth-order valence-corrected chi connectivity index (χ4v) is 6.35. The van der Waals surface area contributed by atoms with E-state index in [9.17, 15) is 26.0 Å². The normalized spacial score (nSPS) is 15.5. The lowest BCUT2D eigenvalue weighted by molar-refractivity contribution is 0.0974. The molecule has 37 heavy (non-hydrogen) atoms. The van der Waals surface area contributed by atoms with E-state index in [1.807, 2.05) is 16.9 Å². The van der Waals surface area contributed by atoms with Gasteiger partial charge >= 0.3 is 10.2 Å². The van der Waals surface area contributed by atoms with Gasteiger partial charge in [-0.1, -0.05) is 29.8 Å². The van der Waals surface area contributed by atoms with Crippen LogP contribution < -0.4 is 13.7 Å². The Morgan fingerprint density at radius 1 is 1.24 bits per heavy atom. The van der Waals surface area contributed by atoms with Gasteiger partial charge in [0.05, 0.1) is 29.5 Å². The number of sulfonamides is 1. The molecule has 2 aromatic heterocycles. The third kappa shape index (κ3) is 4.63. The Morgan fingerprint density at radius 2 is 1.97 bits per heavy atom. The van der Waals surface area contributed by atoms with Gasteiger partial charge < -0.3 is 4.57 Å². The second-order valence-electron chi connectivity index (χ2n) is 8.71. The zero-order valence-corrected chi connectivity index (χ0v) is 22.0. The zero-order valence-electron chi connectivity index (χ0n) is 19.6. The molecule has 0 atom stereocenters. The van der Waals surface area contributed by atoms with Crippen molar-refractivity contribution in [3.05, 3.63) is 70.3 Å². The highest BCUT2D eigenvalue weighted by molar-refractivity contribution is 7.91. The predicted octanol–water partition coefficient (Wildman–Crippen LogP) is 2.68. The van der Waals surface area contributed by atoms with Gasteiger partial charge in [-0.3, -0.25) is 9.10 Å². The van der Waals surface area contributed by atoms with Gasteiger partial charge in [0.15, 0.2) is 0 Å². The molecule has 0 spiro atoms. The lowest BCUT2D eigenvalue weighted by Crippen LogP contribution is -2.35. The summed E-state index contributed by atoms with van der Waals surface area (Å²) in [5, 5.41) is 1.14. The van der Waals surface area contributed by atoms with Gasteiger partial charge in [0.1, 0.15) is 16.7 Å². The summed E-state index contributed by atoms with van der Waals surface area (Å²) in [6.07, 6.45) is 0.805. The molecule has 1 aliphatic heterocycles. The predicted molar refractivity (Wildman–Crippen MR) is 139 cm³/mol. The third-order valence-electron chi connectivity index (χ3n) is 6.03. The molecule has 1 saturated heterocycles. The van der Waals surface area contributed by atoms with E-state index in [4.69, 9.17) is 11.6 Å². The molecule has 1 amide bonds. The van der Waals surface area contributed by atoms with Crippen LogP contribution in [-0.2, 0) is 26.8 Å². The molecule has 14 heteroatoms. The first kappa shape index (κ1) is 25.4. The number of amides is 1. The minimum atomic E-state index is -4.04. The quantitative estimate of drug-likeness (QED) is 0.358. The van der Waals surface area contributed by atoms with E-state index in [1.165, 1.54) is 23.6 Å². The number of halogens is 2. The van der Waals surface area contributed by atoms with E-state index in [2.05, 4.69) is 9.71 Å². The van der Waals surface area contributed by atoms with Crippen molar-refractivity contribution in [2.24, 2.45) is 0 Å². The molecule has 0 radical (unpaired) electrons. The van der Waals surface area contributed by atoms with Gasteiger partial charge in [-0.05, 0) is 36.8 Å². The van der Waals surface area contributed by atoms with Crippen molar-refractivity contribution in [2.45, 2.75) is 13.5 Å². The van der Waals surface area contributed by atoms with Crippen molar-refractivity contribution in [3.8, 4) is 0 Å². The number of anilines is 1. The number of benzene rings is 2. The Balaban J connectivity index is 1.83. The summed E-state index contributed by atoms with van der Waals surface area (Å²) >= 11 is 6.47. The molecular weight excluding hydrogens is 545 g/mol. The summed E-state index contributed by atoms with van der Waals surface area (Å²) in [6.45, 7) is 1.44. The molecule has 0 unspecified atom stereocenters. The van der Waals surface area contributed by atoms with Crippen molar-refractivity contribution in [2.75, 3.05) is 23.7 Å². The smallest absolute Gasteiger partial charge is 0.301 e. The van der Waals surface area contributed by atoms with Crippen LogP contribution in [0, 0.1) is 12.7 Å². The first-order valence-electron chi connectivity index (χ1n) is 11.0. The number of para-hydroxylation sites is 1. The Bertz CT molecular complexity index is 1820. The lowest BCUT2D eigenvalue weighted by atomic mass is 10.1. The van der Waals surface area contributed by atoms with Crippen LogP contribution in [0.25, 0.3) is 21.8 Å². The highest BCUT2D eigenvalue weighted by Crippen LogP contribution is 2.39. The number of carbonyl (C=O) groups is 1. The van der Waals surface area contributed by atoms with E-state index in [0.717, 1.165) is 15.9 Å². The van der Waals surface area contributed by atoms with E-state index in [0.29, 0.717) is 11.1 Å². The number of nitrogens with one attached hydrogen (secondary N) is 2. The molecule has 4 aromatic rings. The average Bonchev–Trinajstić information content (AvgIpc) is 3.29. The van der Waals surface area contributed by atoms with E-state index in [1.54, 1.807) is 18.2 Å². The molecule has 5 rings (SSSR count). The van der Waals surface area contributed by atoms with Crippen molar-refractivity contribution < 1.29 is 26.0 Å². The SMILES string of the molecule is Cc1cc2c(N3CCNS3(=O)=O)c(C(=O)NS(C)(=O)=O)n(Cc3cc4ccccc4nc3Cl)c2cc1F. The van der Waals surface area contributed by atoms with E-state index in [-0.39, 0.29) is 52.6 Å². The van der Waals surface area contributed by atoms with Crippen molar-refractivity contribution >= 4 is 65.2 Å². The monoisotopic (exact) mass is 565 g/mol. The fourth-order valence-electron chi connectivity index (χ4n) is 4.45. The number of nitrogens with zero attached hydrogens (tertiary/aromatic N) is 3. The van der Waals surface area contributed by atoms with Gasteiger partial charge in [0.2, 0.25) is 10.0 Å². The molecular formula is C23H21ClFN5O5S2. The van der Waals surface area contributed by atoms with Gasteiger partial charge in [-0.15, -0.1) is 0 Å². The molecule has 194 valence electrons. The number of pyridine rings is 1. The van der Waals surface area contributed by atoms with E-state index < -0.39 is 32.0 Å². The topological polar surface area (TPSA) is 130 Å². The summed E-state index contributed by atoms with van der Waals surface area (Å²) < 4.78 is 71.1. The van der Waals surface area contributed by atoms with Crippen LogP contribution in [0.15, 0.2) is 42.5 Å². The van der Waals surface area contributed by atoms with Crippen LogP contribution in [0.1, 0.15) is 21.6 Å². The number of aromatic nitrogens is 2. The van der Waals surface area contributed by atoms with E-state index >= 15 is 0 Å². The summed E-state index contributed by atoms with van der Waals surface area (Å²) in [5.74, 6) is -1.66. The zero-order chi connectivity index (χ0) is 26.7. The van der Waals surface area contributed by atoms with Crippen LogP contribution in [0.4, 0.5) is 10.1 Å². The average molecular weight is 566 g/mol. The number of hydrogen-bond acceptors (Lipinski definition) is 6. The maximum absolute atomic E-state index is 14.8. The molecule has 2 aromatic carbocycles. The van der Waals surface area contributed by atoms with Crippen LogP contribution in [0.2, 0.25) is 5.15 Å². The highest BCUT2D eigenvalue weighted by Gasteiger charge is 2.36. The first-order valence-corrected chi connectivity index (χ1v) is 14.7. The summed E-state index contributed by atoms with van der Waals surface area (Å²) in [4.78, 5) is 17.8. The van der Waals surface area contributed by atoms with Crippen LogP contribution >= 0.6 is 11.6 Å². The Hall–Kier alpha value is -3.26. The molecule has 2 N–H and O–H groups in total. The molecule has 10 nitrogen and oxygen atoms in total. The lowest BCUT2D eigenvalue weighted by Gasteiger charge is -2.18. The van der Waals surface area contributed by atoms with Crippen LogP contribution in [0.3, 0.4) is 0 Å². The molecule has 1 aliphatic rings. The summed E-state index contributed by atoms with van der Waals surface area (Å²) in [7, 11) is -8.07. The summed E-state index contributed by atoms with van der Waals surface area (Å²) in [5.41, 5.74) is 1.16. The Kier molecular flexibility index (Phi) is 6.14. The standard InChI is InChI=1S/C23H21ClFN5O5S2/c1-13-9-16-19(11-17(13)25)29(12-15-10-14-5-3-4-6-18(14)27-22(15)24)21(23(31)28-36(2,32)33)20(16)30-8-7-26-37(30,34)35/h3-6,9-11,26H,7-8,12H2,1-2H3,(H,28,31). The van der Waals surface area contributed by atoms with Crippen LogP contribution in [0.5, 0.6) is 0 Å². The Morgan fingerprint density at radius 3 is 2.65 bits per heavy atom. The largest absolute Gasteiger partial charge is 0.330 e. The van der Waals surface area contributed by atoms with Gasteiger partial charge in [0, 0.05) is 29.4 Å². The highest BCUT2D eigenvalue weighted by atomic mass is 35.5. The maximum Gasteiger partial charge on any atom is 0.301 e. The van der Waals surface area contributed by atoms with Gasteiger partial charge in [0.25, 0.3) is 5.91 Å². The number of fused-ring (bicyclic) bond motifs is 2. The number of carbonyl (C=O) groups excluding carboxylic acids is 1. The molecule has 3 heterocycles. The number of hydrogen-bond donors (Lipinski definition) is 2. The summed E-state index contributed by atoms with van der Waals surface area (Å²) in [6, 6.07) is 11.6. The number of rotatable bonds is 5. The van der Waals surface area contributed by atoms with Gasteiger partial charge in [-0.25, -0.2) is 22.5 Å². The number of aryl methyl sites for hydroxylation is 1. The fraction of sp³-hybridized carbons (Fsp3) is 0.217. The second-order valence-corrected chi connectivity index (χ2v) is 12.5. The second kappa shape index (κ2) is 8.94. The third-order valence-corrected chi connectivity index (χ3v) is 8.43. The van der Waals surface area contributed by atoms with Crippen molar-refractivity contribution in [1.82, 2.24) is 19.0 Å². The van der Waals surface area contributed by atoms with Crippen molar-refractivity contribution in [3.63, 3.8) is 0 Å². The minimum absolute atomic E-state index is 0.0185.